The highest BCUT2D eigenvalue weighted by molar-refractivity contribution is 5.98. The van der Waals surface area contributed by atoms with Crippen LogP contribution in [-0.2, 0) is 14.4 Å². The molecule has 0 aromatic heterocycles. The second-order valence-corrected chi connectivity index (χ2v) is 4.54. The minimum atomic E-state index is -1.03. The number of rotatable bonds is 4. The van der Waals surface area contributed by atoms with Crippen molar-refractivity contribution < 1.29 is 19.5 Å². The monoisotopic (exact) mass is 261 g/mol. The van der Waals surface area contributed by atoms with E-state index in [1.807, 2.05) is 0 Å². The third-order valence-electron chi connectivity index (χ3n) is 3.18. The molecule has 2 amide bonds. The summed E-state index contributed by atoms with van der Waals surface area (Å²) in [6.07, 6.45) is 0.883. The number of amides is 2. The van der Waals surface area contributed by atoms with Gasteiger partial charge in [0.2, 0.25) is 11.8 Å². The van der Waals surface area contributed by atoms with Crippen molar-refractivity contribution in [2.24, 2.45) is 0 Å². The Morgan fingerprint density at radius 2 is 1.74 bits per heavy atom. The first-order valence-corrected chi connectivity index (χ1v) is 6.21. The van der Waals surface area contributed by atoms with E-state index in [4.69, 9.17) is 5.11 Å². The van der Waals surface area contributed by atoms with Crippen molar-refractivity contribution in [3.8, 4) is 0 Å². The van der Waals surface area contributed by atoms with Crippen LogP contribution in [0.4, 0.5) is 0 Å². The Morgan fingerprint density at radius 3 is 2.26 bits per heavy atom. The molecule has 1 saturated heterocycles. The van der Waals surface area contributed by atoms with Crippen LogP contribution in [0, 0.1) is 0 Å². The van der Waals surface area contributed by atoms with Gasteiger partial charge in [-0.1, -0.05) is 30.3 Å². The second-order valence-electron chi connectivity index (χ2n) is 4.54. The maximum Gasteiger partial charge on any atom is 0.305 e. The maximum atomic E-state index is 11.9. The van der Waals surface area contributed by atoms with E-state index in [1.165, 1.54) is 0 Å². The summed E-state index contributed by atoms with van der Waals surface area (Å²) < 4.78 is 0. The first-order valence-electron chi connectivity index (χ1n) is 6.21. The molecule has 0 bridgehead atoms. The lowest BCUT2D eigenvalue weighted by molar-refractivity contribution is -0.152. The molecular formula is C14H15NO4. The minimum Gasteiger partial charge on any atom is -0.481 e. The van der Waals surface area contributed by atoms with Crippen LogP contribution in [0.5, 0.6) is 0 Å². The van der Waals surface area contributed by atoms with Crippen LogP contribution in [0.15, 0.2) is 30.3 Å². The van der Waals surface area contributed by atoms with E-state index in [0.29, 0.717) is 24.8 Å². The van der Waals surface area contributed by atoms with Crippen LogP contribution >= 0.6 is 0 Å². The SMILES string of the molecule is O=C(O)CC(c1ccccc1)N1C(=O)CCCC1=O. The van der Waals surface area contributed by atoms with Crippen molar-refractivity contribution in [3.05, 3.63) is 35.9 Å². The lowest BCUT2D eigenvalue weighted by Crippen LogP contribution is -2.43. The van der Waals surface area contributed by atoms with Crippen LogP contribution in [0.1, 0.15) is 37.3 Å². The van der Waals surface area contributed by atoms with Gasteiger partial charge in [-0.3, -0.25) is 19.3 Å². The minimum absolute atomic E-state index is 0.262. The van der Waals surface area contributed by atoms with E-state index in [0.717, 1.165) is 4.90 Å². The largest absolute Gasteiger partial charge is 0.481 e. The smallest absolute Gasteiger partial charge is 0.305 e. The number of carbonyl (C=O) groups is 3. The van der Waals surface area contributed by atoms with Crippen molar-refractivity contribution in [2.45, 2.75) is 31.7 Å². The molecule has 100 valence electrons. The highest BCUT2D eigenvalue weighted by atomic mass is 16.4. The molecule has 1 aromatic carbocycles. The van der Waals surface area contributed by atoms with Crippen LogP contribution in [-0.4, -0.2) is 27.8 Å². The summed E-state index contributed by atoms with van der Waals surface area (Å²) in [6.45, 7) is 0. The van der Waals surface area contributed by atoms with E-state index >= 15 is 0 Å². The Morgan fingerprint density at radius 1 is 1.16 bits per heavy atom. The summed E-state index contributed by atoms with van der Waals surface area (Å²) in [5.74, 6) is -1.60. The van der Waals surface area contributed by atoms with Crippen molar-refractivity contribution in [3.63, 3.8) is 0 Å². The van der Waals surface area contributed by atoms with Gasteiger partial charge in [-0.25, -0.2) is 0 Å². The van der Waals surface area contributed by atoms with E-state index < -0.39 is 12.0 Å². The Kier molecular flexibility index (Phi) is 3.94. The molecule has 5 heteroatoms. The molecule has 1 fully saturated rings. The van der Waals surface area contributed by atoms with Gasteiger partial charge in [-0.2, -0.15) is 0 Å². The molecule has 19 heavy (non-hydrogen) atoms. The third kappa shape index (κ3) is 2.99. The number of benzene rings is 1. The van der Waals surface area contributed by atoms with Crippen molar-refractivity contribution >= 4 is 17.8 Å². The van der Waals surface area contributed by atoms with Gasteiger partial charge in [0.25, 0.3) is 0 Å². The predicted molar refractivity (Wildman–Crippen MR) is 67.1 cm³/mol. The number of imide groups is 1. The molecule has 1 N–H and O–H groups in total. The fraction of sp³-hybridized carbons (Fsp3) is 0.357. The van der Waals surface area contributed by atoms with Gasteiger partial charge in [0.1, 0.15) is 0 Å². The molecule has 0 saturated carbocycles. The van der Waals surface area contributed by atoms with Crippen LogP contribution in [0.2, 0.25) is 0 Å². The Hall–Kier alpha value is -2.17. The molecule has 5 nitrogen and oxygen atoms in total. The number of hydrogen-bond acceptors (Lipinski definition) is 3. The first-order chi connectivity index (χ1) is 9.09. The maximum absolute atomic E-state index is 11.9. The van der Waals surface area contributed by atoms with Gasteiger partial charge in [-0.05, 0) is 12.0 Å². The molecule has 1 aliphatic rings. The summed E-state index contributed by atoms with van der Waals surface area (Å²) in [5.41, 5.74) is 0.675. The third-order valence-corrected chi connectivity index (χ3v) is 3.18. The average Bonchev–Trinajstić information content (AvgIpc) is 2.38. The van der Waals surface area contributed by atoms with Gasteiger partial charge < -0.3 is 5.11 Å². The summed E-state index contributed by atoms with van der Waals surface area (Å²) in [7, 11) is 0. The normalized spacial score (nSPS) is 17.4. The van der Waals surface area contributed by atoms with Crippen LogP contribution < -0.4 is 0 Å². The van der Waals surface area contributed by atoms with Gasteiger partial charge >= 0.3 is 5.97 Å². The van der Waals surface area contributed by atoms with Gasteiger partial charge in [-0.15, -0.1) is 0 Å². The molecule has 0 spiro atoms. The first kappa shape index (κ1) is 13.3. The number of aliphatic carboxylic acids is 1. The second kappa shape index (κ2) is 5.65. The fourth-order valence-corrected chi connectivity index (χ4v) is 2.32. The average molecular weight is 261 g/mol. The van der Waals surface area contributed by atoms with E-state index in [1.54, 1.807) is 30.3 Å². The van der Waals surface area contributed by atoms with Crippen molar-refractivity contribution in [1.82, 2.24) is 4.90 Å². The molecule has 2 rings (SSSR count). The number of carboxylic acids is 1. The fourth-order valence-electron chi connectivity index (χ4n) is 2.32. The number of piperidine rings is 1. The summed E-state index contributed by atoms with van der Waals surface area (Å²) in [6, 6.07) is 8.11. The lowest BCUT2D eigenvalue weighted by atomic mass is 9.98. The van der Waals surface area contributed by atoms with E-state index in [2.05, 4.69) is 0 Å². The number of carbonyl (C=O) groups excluding carboxylic acids is 2. The predicted octanol–water partition coefficient (Wildman–Crippen LogP) is 1.74. The highest BCUT2D eigenvalue weighted by Crippen LogP contribution is 2.28. The Balaban J connectivity index is 2.34. The van der Waals surface area contributed by atoms with Crippen LogP contribution in [0.25, 0.3) is 0 Å². The molecule has 0 radical (unpaired) electrons. The zero-order valence-corrected chi connectivity index (χ0v) is 10.4. The number of likely N-dealkylation sites (tertiary alicyclic amines) is 1. The molecular weight excluding hydrogens is 246 g/mol. The van der Waals surface area contributed by atoms with Crippen molar-refractivity contribution in [2.75, 3.05) is 0 Å². The van der Waals surface area contributed by atoms with Gasteiger partial charge in [0.05, 0.1) is 12.5 Å². The molecule has 0 aliphatic carbocycles. The quantitative estimate of drug-likeness (QED) is 0.838. The number of carboxylic acid groups (broad SMARTS) is 1. The Bertz CT molecular complexity index is 481. The highest BCUT2D eigenvalue weighted by Gasteiger charge is 2.34. The molecule has 1 heterocycles. The zero-order chi connectivity index (χ0) is 13.8. The summed E-state index contributed by atoms with van der Waals surface area (Å²) in [4.78, 5) is 35.9. The van der Waals surface area contributed by atoms with E-state index in [9.17, 15) is 14.4 Å². The van der Waals surface area contributed by atoms with Crippen molar-refractivity contribution in [1.29, 1.82) is 0 Å². The number of nitrogens with zero attached hydrogens (tertiary/aromatic N) is 1. The summed E-state index contributed by atoms with van der Waals surface area (Å²) in [5, 5.41) is 9.00. The molecule has 1 unspecified atom stereocenters. The zero-order valence-electron chi connectivity index (χ0n) is 10.4. The molecule has 1 aliphatic heterocycles. The van der Waals surface area contributed by atoms with E-state index in [-0.39, 0.29) is 18.2 Å². The van der Waals surface area contributed by atoms with Gasteiger partial charge in [0, 0.05) is 12.8 Å². The van der Waals surface area contributed by atoms with Crippen LogP contribution in [0.3, 0.4) is 0 Å². The molecule has 1 atom stereocenters. The topological polar surface area (TPSA) is 74.7 Å². The lowest BCUT2D eigenvalue weighted by Gasteiger charge is -2.32. The standard InChI is InChI=1S/C14H15NO4/c16-12-7-4-8-13(17)15(12)11(9-14(18)19)10-5-2-1-3-6-10/h1-3,5-6,11H,4,7-9H2,(H,18,19). The Labute approximate surface area is 110 Å². The summed E-state index contributed by atoms with van der Waals surface area (Å²) >= 11 is 0. The number of hydrogen-bond donors (Lipinski definition) is 1. The molecule has 1 aromatic rings. The van der Waals surface area contributed by atoms with Gasteiger partial charge in [0.15, 0.2) is 0 Å².